The first-order valence-corrected chi connectivity index (χ1v) is 8.69. The molecule has 25 heavy (non-hydrogen) atoms. The Kier molecular flexibility index (Phi) is 5.21. The summed E-state index contributed by atoms with van der Waals surface area (Å²) in [5.74, 6) is -0.0542. The number of ether oxygens (including phenoxy) is 1. The second-order valence-electron chi connectivity index (χ2n) is 6.87. The summed E-state index contributed by atoms with van der Waals surface area (Å²) in [5.41, 5.74) is 2.21. The Hall–Kier alpha value is -2.17. The monoisotopic (exact) mass is 339 g/mol. The number of nitrogens with zero attached hydrogens (tertiary/aromatic N) is 1. The van der Waals surface area contributed by atoms with Crippen LogP contribution in [-0.4, -0.2) is 47.8 Å². The lowest BCUT2D eigenvalue weighted by molar-refractivity contribution is -0.0654. The zero-order valence-corrected chi connectivity index (χ0v) is 14.8. The number of methoxy groups -OCH3 is 1. The third-order valence-electron chi connectivity index (χ3n) is 5.16. The van der Waals surface area contributed by atoms with E-state index >= 15 is 0 Å². The van der Waals surface area contributed by atoms with E-state index in [0.29, 0.717) is 12.1 Å². The number of aliphatic hydroxyl groups is 1. The van der Waals surface area contributed by atoms with Gasteiger partial charge in [0.2, 0.25) is 0 Å². The molecule has 1 aliphatic rings. The van der Waals surface area contributed by atoms with Gasteiger partial charge in [0.05, 0.1) is 24.8 Å². The van der Waals surface area contributed by atoms with Gasteiger partial charge in [0.15, 0.2) is 0 Å². The number of carbonyl (C=O) groups excluding carboxylic acids is 1. The molecule has 1 heterocycles. The predicted molar refractivity (Wildman–Crippen MR) is 98.4 cm³/mol. The molecular weight excluding hydrogens is 314 g/mol. The maximum atomic E-state index is 13.3. The lowest BCUT2D eigenvalue weighted by atomic mass is 9.89. The first kappa shape index (κ1) is 17.6. The fourth-order valence-corrected chi connectivity index (χ4v) is 3.48. The molecule has 1 amide bonds. The summed E-state index contributed by atoms with van der Waals surface area (Å²) in [7, 11) is 1.68. The Labute approximate surface area is 149 Å². The van der Waals surface area contributed by atoms with Gasteiger partial charge in [0.25, 0.3) is 5.91 Å². The van der Waals surface area contributed by atoms with Gasteiger partial charge in [-0.25, -0.2) is 0 Å². The highest BCUT2D eigenvalue weighted by atomic mass is 16.5. The van der Waals surface area contributed by atoms with Crippen molar-refractivity contribution in [2.45, 2.75) is 31.4 Å². The Morgan fingerprint density at radius 3 is 2.56 bits per heavy atom. The number of rotatable bonds is 4. The third kappa shape index (κ3) is 3.60. The van der Waals surface area contributed by atoms with Gasteiger partial charge in [-0.05, 0) is 37.0 Å². The van der Waals surface area contributed by atoms with Gasteiger partial charge < -0.3 is 14.7 Å². The van der Waals surface area contributed by atoms with E-state index in [9.17, 15) is 9.90 Å². The third-order valence-corrected chi connectivity index (χ3v) is 5.16. The minimum absolute atomic E-state index is 0.0287. The molecule has 1 aliphatic heterocycles. The van der Waals surface area contributed by atoms with Crippen molar-refractivity contribution >= 4 is 5.91 Å². The van der Waals surface area contributed by atoms with Crippen LogP contribution in [0.3, 0.4) is 0 Å². The second-order valence-corrected chi connectivity index (χ2v) is 6.87. The minimum Gasteiger partial charge on any atom is -0.394 e. The zero-order chi connectivity index (χ0) is 17.9. The van der Waals surface area contributed by atoms with Crippen LogP contribution < -0.4 is 0 Å². The molecule has 0 bridgehead atoms. The largest absolute Gasteiger partial charge is 0.394 e. The first-order valence-electron chi connectivity index (χ1n) is 8.69. The predicted octanol–water partition coefficient (Wildman–Crippen LogP) is 3.36. The van der Waals surface area contributed by atoms with E-state index in [2.05, 4.69) is 0 Å². The van der Waals surface area contributed by atoms with Crippen LogP contribution in [0.15, 0.2) is 54.6 Å². The number of benzene rings is 2. The second kappa shape index (κ2) is 7.38. The van der Waals surface area contributed by atoms with Crippen LogP contribution in [-0.2, 0) is 4.74 Å². The van der Waals surface area contributed by atoms with Crippen molar-refractivity contribution in [3.8, 4) is 11.1 Å². The highest BCUT2D eigenvalue weighted by molar-refractivity contribution is 6.01. The summed E-state index contributed by atoms with van der Waals surface area (Å²) in [6, 6.07) is 17.4. The van der Waals surface area contributed by atoms with Crippen LogP contribution in [0.2, 0.25) is 0 Å². The van der Waals surface area contributed by atoms with Crippen LogP contribution in [0.25, 0.3) is 11.1 Å². The van der Waals surface area contributed by atoms with Gasteiger partial charge in [-0.2, -0.15) is 0 Å². The number of amides is 1. The van der Waals surface area contributed by atoms with E-state index < -0.39 is 0 Å². The molecular formula is C21H25NO3. The van der Waals surface area contributed by atoms with Crippen LogP contribution >= 0.6 is 0 Å². The quantitative estimate of drug-likeness (QED) is 0.929. The maximum absolute atomic E-state index is 13.3. The van der Waals surface area contributed by atoms with E-state index in [1.165, 1.54) is 0 Å². The Morgan fingerprint density at radius 1 is 1.20 bits per heavy atom. The van der Waals surface area contributed by atoms with Gasteiger partial charge in [-0.1, -0.05) is 48.5 Å². The first-order chi connectivity index (χ1) is 12.1. The average molecular weight is 339 g/mol. The molecule has 2 aromatic rings. The highest BCUT2D eigenvalue weighted by Gasteiger charge is 2.39. The molecule has 3 rings (SSSR count). The van der Waals surface area contributed by atoms with E-state index in [1.807, 2.05) is 61.5 Å². The number of carbonyl (C=O) groups is 1. The SMILES string of the molecule is COC1(C)CCC(CO)N(C(=O)c2ccccc2-c2ccccc2)C1. The number of likely N-dealkylation sites (tertiary alicyclic amines) is 1. The molecule has 0 radical (unpaired) electrons. The van der Waals surface area contributed by atoms with Crippen molar-refractivity contribution in [2.75, 3.05) is 20.3 Å². The Balaban J connectivity index is 1.97. The summed E-state index contributed by atoms with van der Waals surface area (Å²) >= 11 is 0. The normalized spacial score (nSPS) is 23.5. The van der Waals surface area contributed by atoms with Crippen molar-refractivity contribution in [1.29, 1.82) is 0 Å². The molecule has 2 aromatic carbocycles. The van der Waals surface area contributed by atoms with Crippen LogP contribution in [0.5, 0.6) is 0 Å². The topological polar surface area (TPSA) is 49.8 Å². The Bertz CT molecular complexity index is 731. The van der Waals surface area contributed by atoms with Crippen molar-refractivity contribution in [3.63, 3.8) is 0 Å². The zero-order valence-electron chi connectivity index (χ0n) is 14.8. The number of hydrogen-bond donors (Lipinski definition) is 1. The average Bonchev–Trinajstić information content (AvgIpc) is 2.68. The number of piperidine rings is 1. The van der Waals surface area contributed by atoms with E-state index in [1.54, 1.807) is 12.0 Å². The van der Waals surface area contributed by atoms with Crippen molar-refractivity contribution < 1.29 is 14.6 Å². The smallest absolute Gasteiger partial charge is 0.254 e. The number of aliphatic hydroxyl groups excluding tert-OH is 1. The van der Waals surface area contributed by atoms with E-state index in [-0.39, 0.29) is 24.2 Å². The van der Waals surface area contributed by atoms with Gasteiger partial charge in [-0.3, -0.25) is 4.79 Å². The van der Waals surface area contributed by atoms with Crippen LogP contribution in [0, 0.1) is 0 Å². The number of hydrogen-bond acceptors (Lipinski definition) is 3. The maximum Gasteiger partial charge on any atom is 0.254 e. The summed E-state index contributed by atoms with van der Waals surface area (Å²) in [5, 5.41) is 9.75. The van der Waals surface area contributed by atoms with Gasteiger partial charge in [0.1, 0.15) is 0 Å². The molecule has 4 heteroatoms. The minimum atomic E-state index is -0.372. The van der Waals surface area contributed by atoms with Crippen molar-refractivity contribution in [3.05, 3.63) is 60.2 Å². The van der Waals surface area contributed by atoms with Gasteiger partial charge in [0, 0.05) is 12.7 Å². The van der Waals surface area contributed by atoms with Crippen LogP contribution in [0.4, 0.5) is 0 Å². The van der Waals surface area contributed by atoms with Crippen molar-refractivity contribution in [1.82, 2.24) is 4.90 Å². The molecule has 0 spiro atoms. The molecule has 132 valence electrons. The molecule has 0 aliphatic carbocycles. The molecule has 1 saturated heterocycles. The molecule has 2 atom stereocenters. The van der Waals surface area contributed by atoms with Crippen molar-refractivity contribution in [2.24, 2.45) is 0 Å². The van der Waals surface area contributed by atoms with E-state index in [4.69, 9.17) is 4.74 Å². The standard InChI is InChI=1S/C21H25NO3/c1-21(25-2)13-12-17(14-23)22(15-21)20(24)19-11-7-6-10-18(19)16-8-4-3-5-9-16/h3-11,17,23H,12-15H2,1-2H3. The molecule has 1 fully saturated rings. The molecule has 1 N–H and O–H groups in total. The summed E-state index contributed by atoms with van der Waals surface area (Å²) < 4.78 is 5.63. The fraction of sp³-hybridized carbons (Fsp3) is 0.381. The molecule has 0 saturated carbocycles. The Morgan fingerprint density at radius 2 is 1.88 bits per heavy atom. The highest BCUT2D eigenvalue weighted by Crippen LogP contribution is 2.31. The van der Waals surface area contributed by atoms with Gasteiger partial charge >= 0.3 is 0 Å². The van der Waals surface area contributed by atoms with Gasteiger partial charge in [-0.15, -0.1) is 0 Å². The van der Waals surface area contributed by atoms with Crippen LogP contribution in [0.1, 0.15) is 30.1 Å². The summed E-state index contributed by atoms with van der Waals surface area (Å²) in [6.45, 7) is 2.47. The lowest BCUT2D eigenvalue weighted by Crippen LogP contribution is -2.55. The summed E-state index contributed by atoms with van der Waals surface area (Å²) in [4.78, 5) is 15.1. The molecule has 0 aromatic heterocycles. The molecule has 2 unspecified atom stereocenters. The van der Waals surface area contributed by atoms with E-state index in [0.717, 1.165) is 24.0 Å². The molecule has 4 nitrogen and oxygen atoms in total. The summed E-state index contributed by atoms with van der Waals surface area (Å²) in [6.07, 6.45) is 1.57. The lowest BCUT2D eigenvalue weighted by Gasteiger charge is -2.44. The fourth-order valence-electron chi connectivity index (χ4n) is 3.48.